The fraction of sp³-hybridized carbons (Fsp3) is 0.300. The molecule has 2 amide bonds. The molecule has 1 aliphatic heterocycles. The molecule has 0 aromatic carbocycles. The van der Waals surface area contributed by atoms with Gasteiger partial charge in [-0.05, 0) is 12.1 Å². The Morgan fingerprint density at radius 1 is 1.47 bits per heavy atom. The van der Waals surface area contributed by atoms with E-state index in [2.05, 4.69) is 10.6 Å². The number of amides is 2. The van der Waals surface area contributed by atoms with E-state index >= 15 is 0 Å². The average Bonchev–Trinajstić information content (AvgIpc) is 2.86. The minimum Gasteiger partial charge on any atom is -0.477 e. The van der Waals surface area contributed by atoms with Crippen LogP contribution in [0, 0.1) is 5.92 Å². The number of hydrogen-bond acceptors (Lipinski definition) is 4. The summed E-state index contributed by atoms with van der Waals surface area (Å²) < 4.78 is 0. The Kier molecular flexibility index (Phi) is 3.10. The Morgan fingerprint density at radius 3 is 2.76 bits per heavy atom. The molecule has 1 atom stereocenters. The average molecular weight is 254 g/mol. The van der Waals surface area contributed by atoms with Crippen LogP contribution in [0.5, 0.6) is 0 Å². The topological polar surface area (TPSA) is 95.5 Å². The smallest absolute Gasteiger partial charge is 0.345 e. The van der Waals surface area contributed by atoms with Crippen LogP contribution in [0.1, 0.15) is 16.1 Å². The van der Waals surface area contributed by atoms with Gasteiger partial charge in [0.2, 0.25) is 11.8 Å². The zero-order valence-corrected chi connectivity index (χ0v) is 9.54. The molecule has 0 aliphatic carbocycles. The summed E-state index contributed by atoms with van der Waals surface area (Å²) in [5.74, 6) is -1.80. The lowest BCUT2D eigenvalue weighted by molar-refractivity contribution is -0.123. The van der Waals surface area contributed by atoms with Crippen LogP contribution < -0.4 is 10.6 Å². The van der Waals surface area contributed by atoms with Crippen molar-refractivity contribution < 1.29 is 19.5 Å². The number of carboxylic acids is 1. The third kappa shape index (κ3) is 2.62. The summed E-state index contributed by atoms with van der Waals surface area (Å²) >= 11 is 0.992. The summed E-state index contributed by atoms with van der Waals surface area (Å²) in [5.41, 5.74) is 0. The molecule has 1 aromatic heterocycles. The Balaban J connectivity index is 1.98. The molecule has 17 heavy (non-hydrogen) atoms. The van der Waals surface area contributed by atoms with Gasteiger partial charge in [0, 0.05) is 13.0 Å². The highest BCUT2D eigenvalue weighted by Gasteiger charge is 2.28. The maximum absolute atomic E-state index is 11.7. The first-order valence-corrected chi connectivity index (χ1v) is 5.78. The number of aromatic carboxylic acids is 1. The molecule has 0 saturated carbocycles. The minimum absolute atomic E-state index is 0.137. The Morgan fingerprint density at radius 2 is 2.24 bits per heavy atom. The quantitative estimate of drug-likeness (QED) is 0.732. The van der Waals surface area contributed by atoms with Crippen molar-refractivity contribution in [2.24, 2.45) is 5.92 Å². The molecule has 0 radical (unpaired) electrons. The van der Waals surface area contributed by atoms with Gasteiger partial charge in [0.1, 0.15) is 4.88 Å². The lowest BCUT2D eigenvalue weighted by atomic mass is 10.1. The van der Waals surface area contributed by atoms with Crippen molar-refractivity contribution in [2.75, 3.05) is 11.9 Å². The standard InChI is InChI=1S/C10H10N2O4S/c13-7-3-5(4-11-7)9(14)12-8-2-1-6(17-8)10(15)16/h1-2,5H,3-4H2,(H,11,13)(H,12,14)(H,15,16). The van der Waals surface area contributed by atoms with Crippen LogP contribution in [0.3, 0.4) is 0 Å². The predicted molar refractivity (Wildman–Crippen MR) is 61.0 cm³/mol. The van der Waals surface area contributed by atoms with E-state index in [9.17, 15) is 14.4 Å². The van der Waals surface area contributed by atoms with Crippen LogP contribution in [-0.4, -0.2) is 29.4 Å². The molecular weight excluding hydrogens is 244 g/mol. The van der Waals surface area contributed by atoms with Crippen molar-refractivity contribution in [3.63, 3.8) is 0 Å². The summed E-state index contributed by atoms with van der Waals surface area (Å²) in [4.78, 5) is 33.4. The second-order valence-electron chi connectivity index (χ2n) is 3.66. The van der Waals surface area contributed by atoms with Gasteiger partial charge in [-0.1, -0.05) is 0 Å². The molecule has 0 bridgehead atoms. The van der Waals surface area contributed by atoms with E-state index in [1.165, 1.54) is 12.1 Å². The zero-order valence-electron chi connectivity index (χ0n) is 8.73. The molecule has 1 aromatic rings. The fourth-order valence-electron chi connectivity index (χ4n) is 1.53. The largest absolute Gasteiger partial charge is 0.477 e. The van der Waals surface area contributed by atoms with Crippen LogP contribution in [0.4, 0.5) is 5.00 Å². The molecule has 1 saturated heterocycles. The Bertz CT molecular complexity index is 482. The monoisotopic (exact) mass is 254 g/mol. The van der Waals surface area contributed by atoms with Gasteiger partial charge >= 0.3 is 5.97 Å². The van der Waals surface area contributed by atoms with Gasteiger partial charge in [0.15, 0.2) is 0 Å². The number of nitrogens with one attached hydrogen (secondary N) is 2. The third-order valence-corrected chi connectivity index (χ3v) is 3.40. The molecule has 1 unspecified atom stereocenters. The number of carbonyl (C=O) groups excluding carboxylic acids is 2. The maximum Gasteiger partial charge on any atom is 0.345 e. The van der Waals surface area contributed by atoms with E-state index in [1.54, 1.807) is 0 Å². The van der Waals surface area contributed by atoms with Crippen molar-refractivity contribution in [3.8, 4) is 0 Å². The van der Waals surface area contributed by atoms with Crippen LogP contribution in [0.25, 0.3) is 0 Å². The molecular formula is C10H10N2O4S. The van der Waals surface area contributed by atoms with E-state index in [-0.39, 0.29) is 29.0 Å². The number of anilines is 1. The highest BCUT2D eigenvalue weighted by atomic mass is 32.1. The van der Waals surface area contributed by atoms with E-state index in [4.69, 9.17) is 5.11 Å². The molecule has 2 rings (SSSR count). The molecule has 6 nitrogen and oxygen atoms in total. The number of thiophene rings is 1. The van der Waals surface area contributed by atoms with Gasteiger partial charge in [0.25, 0.3) is 0 Å². The van der Waals surface area contributed by atoms with Crippen LogP contribution >= 0.6 is 11.3 Å². The molecule has 7 heteroatoms. The molecule has 3 N–H and O–H groups in total. The lowest BCUT2D eigenvalue weighted by Crippen LogP contribution is -2.24. The Labute approximate surface area is 101 Å². The van der Waals surface area contributed by atoms with Gasteiger partial charge in [-0.2, -0.15) is 0 Å². The minimum atomic E-state index is -1.02. The summed E-state index contributed by atoms with van der Waals surface area (Å²) in [7, 11) is 0. The molecule has 0 spiro atoms. The summed E-state index contributed by atoms with van der Waals surface area (Å²) in [6.07, 6.45) is 0.184. The van der Waals surface area contributed by atoms with Gasteiger partial charge in [-0.25, -0.2) is 4.79 Å². The number of carboxylic acid groups (broad SMARTS) is 1. The van der Waals surface area contributed by atoms with Crippen LogP contribution in [0.15, 0.2) is 12.1 Å². The van der Waals surface area contributed by atoms with Gasteiger partial charge in [0.05, 0.1) is 10.9 Å². The molecule has 1 aliphatic rings. The van der Waals surface area contributed by atoms with Crippen molar-refractivity contribution in [1.82, 2.24) is 5.32 Å². The van der Waals surface area contributed by atoms with Crippen molar-refractivity contribution in [2.45, 2.75) is 6.42 Å². The SMILES string of the molecule is O=C1CC(C(=O)Nc2ccc(C(=O)O)s2)CN1. The van der Waals surface area contributed by atoms with Crippen molar-refractivity contribution in [1.29, 1.82) is 0 Å². The van der Waals surface area contributed by atoms with E-state index in [0.29, 0.717) is 11.5 Å². The summed E-state index contributed by atoms with van der Waals surface area (Å²) in [6, 6.07) is 2.97. The van der Waals surface area contributed by atoms with Gasteiger partial charge < -0.3 is 15.7 Å². The number of hydrogen-bond donors (Lipinski definition) is 3. The first kappa shape index (κ1) is 11.6. The summed E-state index contributed by atoms with van der Waals surface area (Å²) in [5, 5.41) is 14.4. The van der Waals surface area contributed by atoms with E-state index < -0.39 is 5.97 Å². The number of carbonyl (C=O) groups is 3. The summed E-state index contributed by atoms with van der Waals surface area (Å²) in [6.45, 7) is 0.335. The first-order valence-electron chi connectivity index (χ1n) is 4.97. The van der Waals surface area contributed by atoms with Crippen molar-refractivity contribution in [3.05, 3.63) is 17.0 Å². The van der Waals surface area contributed by atoms with Gasteiger partial charge in [-0.15, -0.1) is 11.3 Å². The van der Waals surface area contributed by atoms with Crippen LogP contribution in [-0.2, 0) is 9.59 Å². The van der Waals surface area contributed by atoms with E-state index in [1.807, 2.05) is 0 Å². The highest BCUT2D eigenvalue weighted by molar-refractivity contribution is 7.18. The molecule has 90 valence electrons. The van der Waals surface area contributed by atoms with Crippen LogP contribution in [0.2, 0.25) is 0 Å². The second-order valence-corrected chi connectivity index (χ2v) is 4.75. The highest BCUT2D eigenvalue weighted by Crippen LogP contribution is 2.23. The predicted octanol–water partition coefficient (Wildman–Crippen LogP) is 0.521. The fourth-order valence-corrected chi connectivity index (χ4v) is 2.28. The number of rotatable bonds is 3. The van der Waals surface area contributed by atoms with Crippen molar-refractivity contribution >= 4 is 34.1 Å². The second kappa shape index (κ2) is 4.54. The lowest BCUT2D eigenvalue weighted by Gasteiger charge is -2.06. The molecule has 2 heterocycles. The normalized spacial score (nSPS) is 18.8. The van der Waals surface area contributed by atoms with Gasteiger partial charge in [-0.3, -0.25) is 9.59 Å². The molecule has 1 fully saturated rings. The zero-order chi connectivity index (χ0) is 12.4. The first-order chi connectivity index (χ1) is 8.06. The maximum atomic E-state index is 11.7. The van der Waals surface area contributed by atoms with E-state index in [0.717, 1.165) is 11.3 Å². The third-order valence-electron chi connectivity index (χ3n) is 2.41. The Hall–Kier alpha value is -1.89.